The Labute approximate surface area is 86.6 Å². The predicted octanol–water partition coefficient (Wildman–Crippen LogP) is 2.12. The SMILES string of the molecule is CC(Nc1cn[nH]c1)c1cncc(F)c1. The van der Waals surface area contributed by atoms with Crippen LogP contribution in [-0.4, -0.2) is 15.2 Å². The number of anilines is 1. The molecule has 2 rings (SSSR count). The summed E-state index contributed by atoms with van der Waals surface area (Å²) in [6.45, 7) is 1.93. The van der Waals surface area contributed by atoms with E-state index in [4.69, 9.17) is 0 Å². The minimum atomic E-state index is -0.326. The Morgan fingerprint density at radius 3 is 2.93 bits per heavy atom. The van der Waals surface area contributed by atoms with E-state index >= 15 is 0 Å². The van der Waals surface area contributed by atoms with Gasteiger partial charge >= 0.3 is 0 Å². The summed E-state index contributed by atoms with van der Waals surface area (Å²) in [6.07, 6.45) is 6.24. The molecular weight excluding hydrogens is 195 g/mol. The highest BCUT2D eigenvalue weighted by Gasteiger charge is 2.06. The number of H-pyrrole nitrogens is 1. The van der Waals surface area contributed by atoms with Gasteiger partial charge in [-0.05, 0) is 18.6 Å². The van der Waals surface area contributed by atoms with Gasteiger partial charge in [0.2, 0.25) is 0 Å². The Bertz CT molecular complexity index is 427. The van der Waals surface area contributed by atoms with Gasteiger partial charge < -0.3 is 5.32 Å². The zero-order chi connectivity index (χ0) is 10.7. The van der Waals surface area contributed by atoms with Crippen molar-refractivity contribution in [3.8, 4) is 0 Å². The fourth-order valence-electron chi connectivity index (χ4n) is 1.33. The molecule has 0 bridgehead atoms. The number of aromatic nitrogens is 3. The molecule has 5 heteroatoms. The number of nitrogens with zero attached hydrogens (tertiary/aromatic N) is 2. The maximum atomic E-state index is 12.9. The van der Waals surface area contributed by atoms with E-state index < -0.39 is 0 Å². The molecule has 0 aliphatic heterocycles. The lowest BCUT2D eigenvalue weighted by atomic mass is 10.1. The highest BCUT2D eigenvalue weighted by molar-refractivity contribution is 5.40. The summed E-state index contributed by atoms with van der Waals surface area (Å²) < 4.78 is 12.9. The van der Waals surface area contributed by atoms with Gasteiger partial charge in [-0.25, -0.2) is 4.39 Å². The molecule has 2 N–H and O–H groups in total. The van der Waals surface area contributed by atoms with Crippen LogP contribution in [-0.2, 0) is 0 Å². The number of hydrogen-bond donors (Lipinski definition) is 2. The quantitative estimate of drug-likeness (QED) is 0.808. The van der Waals surface area contributed by atoms with Crippen molar-refractivity contribution in [3.63, 3.8) is 0 Å². The number of aromatic amines is 1. The van der Waals surface area contributed by atoms with E-state index in [0.717, 1.165) is 11.3 Å². The third-order valence-electron chi connectivity index (χ3n) is 2.11. The number of rotatable bonds is 3. The molecule has 1 unspecified atom stereocenters. The predicted molar refractivity (Wildman–Crippen MR) is 54.8 cm³/mol. The molecule has 0 saturated heterocycles. The van der Waals surface area contributed by atoms with Crippen LogP contribution >= 0.6 is 0 Å². The molecule has 4 nitrogen and oxygen atoms in total. The highest BCUT2D eigenvalue weighted by Crippen LogP contribution is 2.17. The van der Waals surface area contributed by atoms with Crippen LogP contribution in [0.15, 0.2) is 30.9 Å². The van der Waals surface area contributed by atoms with Crippen LogP contribution in [0.4, 0.5) is 10.1 Å². The second-order valence-corrected chi connectivity index (χ2v) is 3.29. The van der Waals surface area contributed by atoms with E-state index in [1.807, 2.05) is 6.92 Å². The zero-order valence-electron chi connectivity index (χ0n) is 8.24. The first-order chi connectivity index (χ1) is 7.25. The molecule has 2 heterocycles. The minimum absolute atomic E-state index is 0.00852. The van der Waals surface area contributed by atoms with Crippen LogP contribution < -0.4 is 5.32 Å². The van der Waals surface area contributed by atoms with Gasteiger partial charge in [-0.1, -0.05) is 0 Å². The first-order valence-electron chi connectivity index (χ1n) is 4.61. The van der Waals surface area contributed by atoms with Gasteiger partial charge in [0.05, 0.1) is 24.1 Å². The molecule has 0 amide bonds. The van der Waals surface area contributed by atoms with Crippen molar-refractivity contribution < 1.29 is 4.39 Å². The number of pyridine rings is 1. The summed E-state index contributed by atoms with van der Waals surface area (Å²) in [4.78, 5) is 3.80. The van der Waals surface area contributed by atoms with Gasteiger partial charge in [0.1, 0.15) is 5.82 Å². The topological polar surface area (TPSA) is 53.6 Å². The largest absolute Gasteiger partial charge is 0.376 e. The van der Waals surface area contributed by atoms with Crippen molar-refractivity contribution in [1.82, 2.24) is 15.2 Å². The van der Waals surface area contributed by atoms with Crippen LogP contribution in [0.25, 0.3) is 0 Å². The van der Waals surface area contributed by atoms with Crippen LogP contribution in [0.2, 0.25) is 0 Å². The van der Waals surface area contributed by atoms with Gasteiger partial charge in [-0.2, -0.15) is 5.10 Å². The van der Waals surface area contributed by atoms with Crippen molar-refractivity contribution in [3.05, 3.63) is 42.2 Å². The molecule has 0 fully saturated rings. The van der Waals surface area contributed by atoms with Crippen LogP contribution in [0.5, 0.6) is 0 Å². The molecule has 0 aliphatic rings. The van der Waals surface area contributed by atoms with E-state index in [0.29, 0.717) is 0 Å². The van der Waals surface area contributed by atoms with Crippen LogP contribution in [0.1, 0.15) is 18.5 Å². The second kappa shape index (κ2) is 4.08. The third-order valence-corrected chi connectivity index (χ3v) is 2.11. The fourth-order valence-corrected chi connectivity index (χ4v) is 1.33. The Morgan fingerprint density at radius 2 is 2.27 bits per heavy atom. The summed E-state index contributed by atoms with van der Waals surface area (Å²) >= 11 is 0. The molecule has 15 heavy (non-hydrogen) atoms. The standard InChI is InChI=1S/C10H11FN4/c1-7(15-10-5-13-14-6-10)8-2-9(11)4-12-3-8/h2-7,15H,1H3,(H,13,14). The fraction of sp³-hybridized carbons (Fsp3) is 0.200. The van der Waals surface area contributed by atoms with E-state index in [2.05, 4.69) is 20.5 Å². The van der Waals surface area contributed by atoms with Gasteiger partial charge in [-0.3, -0.25) is 10.1 Å². The van der Waals surface area contributed by atoms with E-state index in [1.165, 1.54) is 12.3 Å². The molecule has 0 aromatic carbocycles. The summed E-state index contributed by atoms with van der Waals surface area (Å²) in [6, 6.07) is 1.45. The third kappa shape index (κ3) is 2.31. The summed E-state index contributed by atoms with van der Waals surface area (Å²) in [5.74, 6) is -0.326. The molecular formula is C10H11FN4. The molecule has 0 saturated carbocycles. The van der Waals surface area contributed by atoms with E-state index in [1.54, 1.807) is 18.6 Å². The minimum Gasteiger partial charge on any atom is -0.376 e. The Kier molecular flexibility index (Phi) is 2.62. The monoisotopic (exact) mass is 206 g/mol. The van der Waals surface area contributed by atoms with Crippen molar-refractivity contribution in [2.24, 2.45) is 0 Å². The molecule has 2 aromatic rings. The summed E-state index contributed by atoms with van der Waals surface area (Å²) in [5.41, 5.74) is 1.67. The molecule has 2 aromatic heterocycles. The van der Waals surface area contributed by atoms with E-state index in [-0.39, 0.29) is 11.9 Å². The molecule has 78 valence electrons. The van der Waals surface area contributed by atoms with Gasteiger partial charge in [0.25, 0.3) is 0 Å². The summed E-state index contributed by atoms with van der Waals surface area (Å²) in [5, 5.41) is 9.67. The normalized spacial score (nSPS) is 12.4. The van der Waals surface area contributed by atoms with Gasteiger partial charge in [0, 0.05) is 12.4 Å². The zero-order valence-corrected chi connectivity index (χ0v) is 8.24. The van der Waals surface area contributed by atoms with Crippen molar-refractivity contribution in [2.45, 2.75) is 13.0 Å². The first kappa shape index (κ1) is 9.64. The average molecular weight is 206 g/mol. The lowest BCUT2D eigenvalue weighted by Gasteiger charge is -2.13. The Hall–Kier alpha value is -1.91. The molecule has 1 atom stereocenters. The lowest BCUT2D eigenvalue weighted by Crippen LogP contribution is -2.06. The van der Waals surface area contributed by atoms with Crippen molar-refractivity contribution >= 4 is 5.69 Å². The maximum absolute atomic E-state index is 12.9. The number of halogens is 1. The number of nitrogens with one attached hydrogen (secondary N) is 2. The van der Waals surface area contributed by atoms with E-state index in [9.17, 15) is 4.39 Å². The van der Waals surface area contributed by atoms with Crippen molar-refractivity contribution in [2.75, 3.05) is 5.32 Å². The van der Waals surface area contributed by atoms with Gasteiger partial charge in [-0.15, -0.1) is 0 Å². The highest BCUT2D eigenvalue weighted by atomic mass is 19.1. The van der Waals surface area contributed by atoms with Crippen LogP contribution in [0.3, 0.4) is 0 Å². The first-order valence-corrected chi connectivity index (χ1v) is 4.61. The summed E-state index contributed by atoms with van der Waals surface area (Å²) in [7, 11) is 0. The van der Waals surface area contributed by atoms with Crippen molar-refractivity contribution in [1.29, 1.82) is 0 Å². The van der Waals surface area contributed by atoms with Gasteiger partial charge in [0.15, 0.2) is 0 Å². The Morgan fingerprint density at radius 1 is 1.40 bits per heavy atom. The smallest absolute Gasteiger partial charge is 0.141 e. The Balaban J connectivity index is 2.11. The molecule has 0 spiro atoms. The second-order valence-electron chi connectivity index (χ2n) is 3.29. The number of hydrogen-bond acceptors (Lipinski definition) is 3. The average Bonchev–Trinajstić information content (AvgIpc) is 2.70. The maximum Gasteiger partial charge on any atom is 0.141 e. The van der Waals surface area contributed by atoms with Crippen LogP contribution in [0, 0.1) is 5.82 Å². The lowest BCUT2D eigenvalue weighted by molar-refractivity contribution is 0.616. The molecule has 0 aliphatic carbocycles. The molecule has 0 radical (unpaired) electrons.